The van der Waals surface area contributed by atoms with E-state index in [9.17, 15) is 14.4 Å². The first-order valence-corrected chi connectivity index (χ1v) is 12.6. The van der Waals surface area contributed by atoms with E-state index >= 15 is 0 Å². The van der Waals surface area contributed by atoms with E-state index in [0.29, 0.717) is 12.8 Å². The second kappa shape index (κ2) is 12.9. The van der Waals surface area contributed by atoms with Gasteiger partial charge in [-0.1, -0.05) is 81.6 Å². The van der Waals surface area contributed by atoms with Gasteiger partial charge in [0, 0.05) is 18.5 Å². The zero-order valence-corrected chi connectivity index (χ0v) is 20.6. The monoisotopic (exact) mass is 480 g/mol. The van der Waals surface area contributed by atoms with E-state index in [2.05, 4.69) is 34.9 Å². The lowest BCUT2D eigenvalue weighted by molar-refractivity contribution is -0.137. The van der Waals surface area contributed by atoms with Crippen molar-refractivity contribution in [3.05, 3.63) is 59.7 Å². The molecular weight excluding hydrogens is 444 g/mol. The highest BCUT2D eigenvalue weighted by Gasteiger charge is 2.29. The zero-order chi connectivity index (χ0) is 25.2. The number of ether oxygens (including phenoxy) is 1. The zero-order valence-electron chi connectivity index (χ0n) is 20.6. The summed E-state index contributed by atoms with van der Waals surface area (Å²) in [4.78, 5) is 36.5. The van der Waals surface area contributed by atoms with Gasteiger partial charge in [0.05, 0.1) is 12.3 Å². The molecule has 0 saturated carbocycles. The molecular formula is C28H36N2O5. The highest BCUT2D eigenvalue weighted by Crippen LogP contribution is 2.44. The Hall–Kier alpha value is -3.35. The Morgan fingerprint density at radius 3 is 2.14 bits per heavy atom. The standard InChI is InChI=1S/C28H36N2O5/c1-3-5-11-20(16-26(31)32)30-27(33)19(10-4-2)17-29-28(34)35-18-25-23-14-8-6-12-21(23)22-13-7-9-15-24(22)25/h6-9,12-15,19-20,25H,3-5,10-11,16-18H2,1-2H3,(H,29,34)(H,30,33)(H,31,32). The molecule has 2 aromatic rings. The fourth-order valence-corrected chi connectivity index (χ4v) is 4.74. The fraction of sp³-hybridized carbons (Fsp3) is 0.464. The van der Waals surface area contributed by atoms with Gasteiger partial charge in [0.2, 0.25) is 5.91 Å². The minimum Gasteiger partial charge on any atom is -0.481 e. The smallest absolute Gasteiger partial charge is 0.407 e. The number of hydrogen-bond acceptors (Lipinski definition) is 4. The molecule has 0 aliphatic heterocycles. The van der Waals surface area contributed by atoms with Crippen molar-refractivity contribution in [3.8, 4) is 11.1 Å². The third-order valence-corrected chi connectivity index (χ3v) is 6.52. The minimum atomic E-state index is -0.935. The first kappa shape index (κ1) is 26.3. The van der Waals surface area contributed by atoms with Gasteiger partial charge >= 0.3 is 12.1 Å². The highest BCUT2D eigenvalue weighted by atomic mass is 16.5. The van der Waals surface area contributed by atoms with Gasteiger partial charge in [0.25, 0.3) is 0 Å². The first-order valence-electron chi connectivity index (χ1n) is 12.6. The van der Waals surface area contributed by atoms with Crippen LogP contribution in [0.1, 0.15) is 69.4 Å². The normalized spacial score (nSPS) is 13.9. The Morgan fingerprint density at radius 1 is 0.943 bits per heavy atom. The van der Waals surface area contributed by atoms with Crippen molar-refractivity contribution < 1.29 is 24.2 Å². The lowest BCUT2D eigenvalue weighted by Crippen LogP contribution is -2.44. The van der Waals surface area contributed by atoms with Crippen LogP contribution in [0.25, 0.3) is 11.1 Å². The minimum absolute atomic E-state index is 0.0294. The second-order valence-corrected chi connectivity index (χ2v) is 9.14. The van der Waals surface area contributed by atoms with Crippen molar-refractivity contribution in [2.75, 3.05) is 13.2 Å². The number of aliphatic carboxylic acids is 1. The van der Waals surface area contributed by atoms with Crippen LogP contribution in [0.2, 0.25) is 0 Å². The van der Waals surface area contributed by atoms with Gasteiger partial charge in [-0.2, -0.15) is 0 Å². The number of nitrogens with one attached hydrogen (secondary N) is 2. The Labute approximate surface area is 207 Å². The van der Waals surface area contributed by atoms with Crippen molar-refractivity contribution in [1.29, 1.82) is 0 Å². The molecule has 2 aromatic carbocycles. The van der Waals surface area contributed by atoms with E-state index < -0.39 is 24.0 Å². The van der Waals surface area contributed by atoms with Gasteiger partial charge in [0.1, 0.15) is 6.61 Å². The Balaban J connectivity index is 1.55. The summed E-state index contributed by atoms with van der Waals surface area (Å²) in [5, 5.41) is 14.8. The van der Waals surface area contributed by atoms with Gasteiger partial charge < -0.3 is 20.5 Å². The van der Waals surface area contributed by atoms with Crippen LogP contribution in [0.3, 0.4) is 0 Å². The number of carbonyl (C=O) groups is 3. The van der Waals surface area contributed by atoms with Crippen LogP contribution in [0.15, 0.2) is 48.5 Å². The highest BCUT2D eigenvalue weighted by molar-refractivity contribution is 5.81. The maximum Gasteiger partial charge on any atom is 0.407 e. The summed E-state index contributed by atoms with van der Waals surface area (Å²) in [5.74, 6) is -1.64. The molecule has 2 unspecified atom stereocenters. The molecule has 188 valence electrons. The Kier molecular flexibility index (Phi) is 9.70. The molecule has 0 bridgehead atoms. The summed E-state index contributed by atoms with van der Waals surface area (Å²) in [7, 11) is 0. The van der Waals surface area contributed by atoms with Crippen molar-refractivity contribution >= 4 is 18.0 Å². The van der Waals surface area contributed by atoms with E-state index in [-0.39, 0.29) is 31.4 Å². The molecule has 0 spiro atoms. The lowest BCUT2D eigenvalue weighted by atomic mass is 9.98. The summed E-state index contributed by atoms with van der Waals surface area (Å²) in [6.07, 6.45) is 3.07. The van der Waals surface area contributed by atoms with Gasteiger partial charge in [-0.15, -0.1) is 0 Å². The SMILES string of the molecule is CCCCC(CC(=O)O)NC(=O)C(CCC)CNC(=O)OCC1c2ccccc2-c2ccccc21. The van der Waals surface area contributed by atoms with E-state index in [0.717, 1.165) is 41.5 Å². The number of hydrogen-bond donors (Lipinski definition) is 3. The molecule has 3 rings (SSSR count). The number of rotatable bonds is 13. The number of carbonyl (C=O) groups excluding carboxylic acids is 2. The number of benzene rings is 2. The molecule has 0 heterocycles. The van der Waals surface area contributed by atoms with Gasteiger partial charge in [-0.25, -0.2) is 4.79 Å². The van der Waals surface area contributed by atoms with Crippen molar-refractivity contribution in [3.63, 3.8) is 0 Å². The molecule has 2 atom stereocenters. The van der Waals surface area contributed by atoms with Crippen LogP contribution in [-0.4, -0.2) is 42.3 Å². The van der Waals surface area contributed by atoms with E-state index in [4.69, 9.17) is 9.84 Å². The van der Waals surface area contributed by atoms with E-state index in [1.165, 1.54) is 0 Å². The van der Waals surface area contributed by atoms with Gasteiger partial charge in [0.15, 0.2) is 0 Å². The molecule has 0 radical (unpaired) electrons. The molecule has 7 nitrogen and oxygen atoms in total. The number of fused-ring (bicyclic) bond motifs is 3. The number of unbranched alkanes of at least 4 members (excludes halogenated alkanes) is 1. The molecule has 0 fully saturated rings. The second-order valence-electron chi connectivity index (χ2n) is 9.14. The number of amides is 2. The van der Waals surface area contributed by atoms with Crippen LogP contribution >= 0.6 is 0 Å². The molecule has 2 amide bonds. The van der Waals surface area contributed by atoms with Crippen LogP contribution in [0, 0.1) is 5.92 Å². The van der Waals surface area contributed by atoms with Crippen molar-refractivity contribution in [2.45, 2.75) is 64.3 Å². The maximum absolute atomic E-state index is 12.8. The summed E-state index contributed by atoms with van der Waals surface area (Å²) in [6, 6.07) is 15.9. The van der Waals surface area contributed by atoms with Crippen LogP contribution < -0.4 is 10.6 Å². The predicted octanol–water partition coefficient (Wildman–Crippen LogP) is 5.09. The molecule has 0 aromatic heterocycles. The topological polar surface area (TPSA) is 105 Å². The molecule has 1 aliphatic rings. The molecule has 0 saturated heterocycles. The Bertz CT molecular complexity index is 976. The number of carboxylic acid groups (broad SMARTS) is 1. The largest absolute Gasteiger partial charge is 0.481 e. The van der Waals surface area contributed by atoms with Crippen LogP contribution in [-0.2, 0) is 14.3 Å². The van der Waals surface area contributed by atoms with Gasteiger partial charge in [-0.3, -0.25) is 9.59 Å². The van der Waals surface area contributed by atoms with Gasteiger partial charge in [-0.05, 0) is 35.1 Å². The first-order chi connectivity index (χ1) is 16.9. The predicted molar refractivity (Wildman–Crippen MR) is 135 cm³/mol. The maximum atomic E-state index is 12.8. The summed E-state index contributed by atoms with van der Waals surface area (Å²) in [6.45, 7) is 4.35. The molecule has 7 heteroatoms. The van der Waals surface area contributed by atoms with E-state index in [1.807, 2.05) is 38.1 Å². The van der Waals surface area contributed by atoms with Crippen molar-refractivity contribution in [1.82, 2.24) is 10.6 Å². The fourth-order valence-electron chi connectivity index (χ4n) is 4.74. The van der Waals surface area contributed by atoms with Crippen molar-refractivity contribution in [2.24, 2.45) is 5.92 Å². The lowest BCUT2D eigenvalue weighted by Gasteiger charge is -2.22. The third kappa shape index (κ3) is 7.07. The third-order valence-electron chi connectivity index (χ3n) is 6.52. The van der Waals surface area contributed by atoms with Crippen LogP contribution in [0.4, 0.5) is 4.79 Å². The average Bonchev–Trinajstić information content (AvgIpc) is 3.17. The number of carboxylic acids is 1. The van der Waals surface area contributed by atoms with Crippen LogP contribution in [0.5, 0.6) is 0 Å². The summed E-state index contributed by atoms with van der Waals surface area (Å²) < 4.78 is 5.58. The summed E-state index contributed by atoms with van der Waals surface area (Å²) >= 11 is 0. The number of alkyl carbamates (subject to hydrolysis) is 1. The quantitative estimate of drug-likeness (QED) is 0.370. The molecule has 1 aliphatic carbocycles. The summed E-state index contributed by atoms with van der Waals surface area (Å²) in [5.41, 5.74) is 4.61. The molecule has 35 heavy (non-hydrogen) atoms. The molecule has 3 N–H and O–H groups in total. The van der Waals surface area contributed by atoms with E-state index in [1.54, 1.807) is 0 Å². The Morgan fingerprint density at radius 2 is 1.57 bits per heavy atom. The average molecular weight is 481 g/mol.